The molecule has 0 heterocycles. The molecular weight excluding hydrogens is 176 g/mol. The molecule has 0 bridgehead atoms. The molecule has 0 N–H and O–H groups in total. The highest BCUT2D eigenvalue weighted by Gasteiger charge is 2.47. The van der Waals surface area contributed by atoms with Gasteiger partial charge in [-0.15, -0.1) is 0 Å². The maximum Gasteiger partial charge on any atom is 0.330 e. The third kappa shape index (κ3) is 1.99. The maximum absolute atomic E-state index is 10.9. The van der Waals surface area contributed by atoms with Crippen LogP contribution in [0, 0.1) is 17.8 Å². The summed E-state index contributed by atoms with van der Waals surface area (Å²) in [5, 5.41) is 0. The minimum atomic E-state index is -0.289. The summed E-state index contributed by atoms with van der Waals surface area (Å²) in [6.07, 6.45) is 6.51. The normalized spacial score (nSPS) is 35.9. The highest BCUT2D eigenvalue weighted by atomic mass is 16.5. The molecule has 0 saturated heterocycles. The van der Waals surface area contributed by atoms with Crippen molar-refractivity contribution in [3.63, 3.8) is 0 Å². The fraction of sp³-hybridized carbons (Fsp3) is 0.750. The second-order valence-electron chi connectivity index (χ2n) is 4.68. The van der Waals surface area contributed by atoms with Crippen molar-refractivity contribution in [2.75, 3.05) is 0 Å². The van der Waals surface area contributed by atoms with E-state index in [-0.39, 0.29) is 12.1 Å². The number of hydrogen-bond donors (Lipinski definition) is 0. The highest BCUT2D eigenvalue weighted by Crippen LogP contribution is 2.56. The third-order valence-electron chi connectivity index (χ3n) is 3.61. The zero-order valence-electron chi connectivity index (χ0n) is 8.74. The molecule has 0 radical (unpaired) electrons. The van der Waals surface area contributed by atoms with E-state index in [0.29, 0.717) is 0 Å². The molecule has 0 aromatic heterocycles. The molecule has 0 aromatic rings. The SMILES string of the molecule is C=CC(=O)OC(C)CC1CCC2CC12. The Kier molecular flexibility index (Phi) is 2.62. The summed E-state index contributed by atoms with van der Waals surface area (Å²) < 4.78 is 5.17. The van der Waals surface area contributed by atoms with Crippen molar-refractivity contribution in [1.29, 1.82) is 0 Å². The molecule has 2 nitrogen and oxygen atoms in total. The van der Waals surface area contributed by atoms with Gasteiger partial charge in [0.25, 0.3) is 0 Å². The second kappa shape index (κ2) is 3.76. The van der Waals surface area contributed by atoms with Gasteiger partial charge in [0.15, 0.2) is 0 Å². The van der Waals surface area contributed by atoms with Crippen molar-refractivity contribution in [2.24, 2.45) is 17.8 Å². The average molecular weight is 194 g/mol. The Morgan fingerprint density at radius 2 is 2.43 bits per heavy atom. The van der Waals surface area contributed by atoms with Gasteiger partial charge in [0, 0.05) is 6.08 Å². The van der Waals surface area contributed by atoms with Gasteiger partial charge < -0.3 is 4.74 Å². The Hall–Kier alpha value is -0.790. The molecule has 2 aliphatic carbocycles. The lowest BCUT2D eigenvalue weighted by molar-refractivity contribution is -0.142. The van der Waals surface area contributed by atoms with Gasteiger partial charge in [-0.1, -0.05) is 6.58 Å². The van der Waals surface area contributed by atoms with Crippen LogP contribution in [0.3, 0.4) is 0 Å². The first-order valence-corrected chi connectivity index (χ1v) is 5.53. The van der Waals surface area contributed by atoms with Crippen molar-refractivity contribution in [3.8, 4) is 0 Å². The maximum atomic E-state index is 10.9. The van der Waals surface area contributed by atoms with Gasteiger partial charge in [0.2, 0.25) is 0 Å². The summed E-state index contributed by atoms with van der Waals surface area (Å²) >= 11 is 0. The lowest BCUT2D eigenvalue weighted by atomic mass is 9.97. The molecule has 2 rings (SSSR count). The Balaban J connectivity index is 1.73. The number of carbonyl (C=O) groups excluding carboxylic acids is 1. The number of esters is 1. The zero-order chi connectivity index (χ0) is 10.1. The number of carbonyl (C=O) groups is 1. The minimum absolute atomic E-state index is 0.0600. The van der Waals surface area contributed by atoms with E-state index in [1.54, 1.807) is 0 Å². The van der Waals surface area contributed by atoms with Crippen molar-refractivity contribution in [3.05, 3.63) is 12.7 Å². The van der Waals surface area contributed by atoms with Gasteiger partial charge in [0.1, 0.15) is 0 Å². The average Bonchev–Trinajstić information content (AvgIpc) is 2.84. The van der Waals surface area contributed by atoms with Crippen LogP contribution < -0.4 is 0 Å². The van der Waals surface area contributed by atoms with Gasteiger partial charge >= 0.3 is 5.97 Å². The number of hydrogen-bond acceptors (Lipinski definition) is 2. The lowest BCUT2D eigenvalue weighted by Crippen LogP contribution is -2.17. The topological polar surface area (TPSA) is 26.3 Å². The largest absolute Gasteiger partial charge is 0.460 e. The van der Waals surface area contributed by atoms with Gasteiger partial charge in [0.05, 0.1) is 6.10 Å². The van der Waals surface area contributed by atoms with E-state index in [2.05, 4.69) is 6.58 Å². The van der Waals surface area contributed by atoms with Crippen LogP contribution >= 0.6 is 0 Å². The van der Waals surface area contributed by atoms with Crippen LogP contribution in [0.5, 0.6) is 0 Å². The molecule has 4 atom stereocenters. The summed E-state index contributed by atoms with van der Waals surface area (Å²) in [6, 6.07) is 0. The van der Waals surface area contributed by atoms with Crippen LogP contribution in [0.1, 0.15) is 32.6 Å². The quantitative estimate of drug-likeness (QED) is 0.508. The molecule has 2 saturated carbocycles. The lowest BCUT2D eigenvalue weighted by Gasteiger charge is -2.17. The zero-order valence-corrected chi connectivity index (χ0v) is 8.74. The van der Waals surface area contributed by atoms with E-state index in [0.717, 1.165) is 24.2 Å². The highest BCUT2D eigenvalue weighted by molar-refractivity contribution is 5.81. The fourth-order valence-electron chi connectivity index (χ4n) is 2.84. The molecule has 0 aliphatic heterocycles. The minimum Gasteiger partial charge on any atom is -0.460 e. The van der Waals surface area contributed by atoms with Crippen LogP contribution in [-0.2, 0) is 9.53 Å². The van der Waals surface area contributed by atoms with Crippen LogP contribution in [0.25, 0.3) is 0 Å². The van der Waals surface area contributed by atoms with Crippen LogP contribution in [0.4, 0.5) is 0 Å². The van der Waals surface area contributed by atoms with Crippen molar-refractivity contribution >= 4 is 5.97 Å². The first-order chi connectivity index (χ1) is 6.70. The van der Waals surface area contributed by atoms with Gasteiger partial charge in [-0.3, -0.25) is 0 Å². The van der Waals surface area contributed by atoms with Crippen LogP contribution in [0.15, 0.2) is 12.7 Å². The molecule has 78 valence electrons. The summed E-state index contributed by atoms with van der Waals surface area (Å²) in [6.45, 7) is 5.38. The molecule has 0 amide bonds. The van der Waals surface area contributed by atoms with Gasteiger partial charge in [-0.25, -0.2) is 4.79 Å². The monoisotopic (exact) mass is 194 g/mol. The van der Waals surface area contributed by atoms with Gasteiger partial charge in [-0.2, -0.15) is 0 Å². The first-order valence-electron chi connectivity index (χ1n) is 5.53. The Morgan fingerprint density at radius 1 is 1.64 bits per heavy atom. The Labute approximate surface area is 85.3 Å². The van der Waals surface area contributed by atoms with Crippen molar-refractivity contribution < 1.29 is 9.53 Å². The third-order valence-corrected chi connectivity index (χ3v) is 3.61. The first kappa shape index (κ1) is 9.75. The molecule has 2 heteroatoms. The predicted octanol–water partition coefficient (Wildman–Crippen LogP) is 2.54. The molecule has 2 aliphatic rings. The predicted molar refractivity (Wildman–Crippen MR) is 54.7 cm³/mol. The second-order valence-corrected chi connectivity index (χ2v) is 4.68. The van der Waals surface area contributed by atoms with Crippen molar-refractivity contribution in [1.82, 2.24) is 0 Å². The van der Waals surface area contributed by atoms with E-state index in [4.69, 9.17) is 4.74 Å². The van der Waals surface area contributed by atoms with Crippen molar-refractivity contribution in [2.45, 2.75) is 38.7 Å². The van der Waals surface area contributed by atoms with E-state index < -0.39 is 0 Å². The summed E-state index contributed by atoms with van der Waals surface area (Å²) in [5.41, 5.74) is 0. The van der Waals surface area contributed by atoms with Gasteiger partial charge in [-0.05, 0) is 50.4 Å². The smallest absolute Gasteiger partial charge is 0.330 e. The number of ether oxygens (including phenoxy) is 1. The number of fused-ring (bicyclic) bond motifs is 1. The summed E-state index contributed by atoms with van der Waals surface area (Å²) in [5.74, 6) is 2.50. The molecule has 14 heavy (non-hydrogen) atoms. The Bertz CT molecular complexity index is 247. The van der Waals surface area contributed by atoms with E-state index in [9.17, 15) is 4.79 Å². The summed E-state index contributed by atoms with van der Waals surface area (Å²) in [7, 11) is 0. The molecule has 2 fully saturated rings. The molecule has 0 spiro atoms. The van der Waals surface area contributed by atoms with Crippen LogP contribution in [-0.4, -0.2) is 12.1 Å². The summed E-state index contributed by atoms with van der Waals surface area (Å²) in [4.78, 5) is 10.9. The Morgan fingerprint density at radius 3 is 2.93 bits per heavy atom. The standard InChI is InChI=1S/C12H18O2/c1-3-12(13)14-8(2)6-9-4-5-10-7-11(9)10/h3,8-11H,1,4-7H2,2H3. The molecule has 0 aromatic carbocycles. The van der Waals surface area contributed by atoms with E-state index in [1.165, 1.54) is 25.3 Å². The van der Waals surface area contributed by atoms with Crippen LogP contribution in [0.2, 0.25) is 0 Å². The molecular formula is C12H18O2. The molecule has 4 unspecified atom stereocenters. The number of rotatable bonds is 4. The van der Waals surface area contributed by atoms with E-state index >= 15 is 0 Å². The fourth-order valence-corrected chi connectivity index (χ4v) is 2.84. The van der Waals surface area contributed by atoms with E-state index in [1.807, 2.05) is 6.92 Å².